The molecule has 120 valence electrons. The van der Waals surface area contributed by atoms with Crippen molar-refractivity contribution in [2.45, 2.75) is 71.1 Å². The molecule has 2 unspecified atom stereocenters. The Bertz CT molecular complexity index is 464. The summed E-state index contributed by atoms with van der Waals surface area (Å²) in [6.45, 7) is 6.85. The standard InChI is InChI=1S/C15H19F3O.C2H6/c1-10-6-7-13-11(8-10)4-3-5-12(13)9-14(2,19)15(16,17)18;1-2/h6-8,12,19H,3-5,9H2,1-2H3;1-2H3. The van der Waals surface area contributed by atoms with Gasteiger partial charge in [-0.1, -0.05) is 37.6 Å². The number of rotatable bonds is 2. The maximum Gasteiger partial charge on any atom is 0.416 e. The van der Waals surface area contributed by atoms with Crippen LogP contribution in [0.3, 0.4) is 0 Å². The van der Waals surface area contributed by atoms with Crippen molar-refractivity contribution in [1.82, 2.24) is 0 Å². The Kier molecular flexibility index (Phi) is 5.85. The van der Waals surface area contributed by atoms with E-state index in [1.54, 1.807) is 0 Å². The Morgan fingerprint density at radius 2 is 1.86 bits per heavy atom. The van der Waals surface area contributed by atoms with Gasteiger partial charge < -0.3 is 5.11 Å². The predicted octanol–water partition coefficient (Wildman–Crippen LogP) is 5.14. The summed E-state index contributed by atoms with van der Waals surface area (Å²) in [6.07, 6.45) is -2.32. The lowest BCUT2D eigenvalue weighted by molar-refractivity contribution is -0.256. The first-order valence-corrected chi connectivity index (χ1v) is 7.59. The van der Waals surface area contributed by atoms with Crippen molar-refractivity contribution in [3.8, 4) is 0 Å². The first-order chi connectivity index (χ1) is 9.71. The number of fused-ring (bicyclic) bond motifs is 1. The average Bonchev–Trinajstić information content (AvgIpc) is 2.39. The van der Waals surface area contributed by atoms with Crippen molar-refractivity contribution in [1.29, 1.82) is 0 Å². The number of hydrogen-bond donors (Lipinski definition) is 1. The van der Waals surface area contributed by atoms with E-state index < -0.39 is 11.8 Å². The molecule has 0 bridgehead atoms. The van der Waals surface area contributed by atoms with Crippen LogP contribution >= 0.6 is 0 Å². The van der Waals surface area contributed by atoms with E-state index in [4.69, 9.17) is 0 Å². The van der Waals surface area contributed by atoms with Gasteiger partial charge in [0.05, 0.1) is 0 Å². The Labute approximate surface area is 125 Å². The summed E-state index contributed by atoms with van der Waals surface area (Å²) in [5.41, 5.74) is 0.620. The normalized spacial score (nSPS) is 20.9. The summed E-state index contributed by atoms with van der Waals surface area (Å²) >= 11 is 0. The molecule has 0 amide bonds. The average molecular weight is 302 g/mol. The fourth-order valence-electron chi connectivity index (χ4n) is 2.85. The number of alkyl halides is 3. The first-order valence-electron chi connectivity index (χ1n) is 7.59. The molecule has 1 aromatic rings. The van der Waals surface area contributed by atoms with Gasteiger partial charge in [0.25, 0.3) is 0 Å². The molecule has 0 aliphatic heterocycles. The lowest BCUT2D eigenvalue weighted by Gasteiger charge is -2.33. The highest BCUT2D eigenvalue weighted by molar-refractivity contribution is 5.36. The number of aliphatic hydroxyl groups is 1. The van der Waals surface area contributed by atoms with Gasteiger partial charge in [-0.25, -0.2) is 0 Å². The zero-order valence-corrected chi connectivity index (χ0v) is 13.2. The molecular weight excluding hydrogens is 277 g/mol. The third-order valence-corrected chi connectivity index (χ3v) is 3.99. The van der Waals surface area contributed by atoms with E-state index in [0.717, 1.165) is 36.5 Å². The zero-order chi connectivity index (χ0) is 16.3. The molecule has 0 radical (unpaired) electrons. The fourth-order valence-corrected chi connectivity index (χ4v) is 2.85. The SMILES string of the molecule is CC.Cc1ccc2c(c1)CCCC2CC(C)(O)C(F)(F)F. The van der Waals surface area contributed by atoms with Crippen LogP contribution in [0.2, 0.25) is 0 Å². The summed E-state index contributed by atoms with van der Waals surface area (Å²) in [5, 5.41) is 9.66. The molecule has 2 atom stereocenters. The highest BCUT2D eigenvalue weighted by Gasteiger charge is 2.51. The quantitative estimate of drug-likeness (QED) is 0.801. The molecule has 0 saturated heterocycles. The first kappa shape index (κ1) is 18.0. The van der Waals surface area contributed by atoms with Gasteiger partial charge in [-0.2, -0.15) is 13.2 Å². The van der Waals surface area contributed by atoms with E-state index >= 15 is 0 Å². The molecule has 1 nitrogen and oxygen atoms in total. The molecule has 21 heavy (non-hydrogen) atoms. The summed E-state index contributed by atoms with van der Waals surface area (Å²) in [4.78, 5) is 0. The number of benzene rings is 1. The minimum atomic E-state index is -4.57. The molecule has 1 aliphatic carbocycles. The van der Waals surface area contributed by atoms with Crippen molar-refractivity contribution < 1.29 is 18.3 Å². The molecular formula is C17H25F3O. The summed E-state index contributed by atoms with van der Waals surface area (Å²) < 4.78 is 38.3. The van der Waals surface area contributed by atoms with E-state index in [-0.39, 0.29) is 12.3 Å². The maximum atomic E-state index is 12.8. The van der Waals surface area contributed by atoms with Gasteiger partial charge in [0.15, 0.2) is 5.60 Å². The summed E-state index contributed by atoms with van der Waals surface area (Å²) in [6, 6.07) is 5.89. The molecule has 0 spiro atoms. The van der Waals surface area contributed by atoms with Gasteiger partial charge in [-0.05, 0) is 56.6 Å². The largest absolute Gasteiger partial charge is 0.416 e. The van der Waals surface area contributed by atoms with Crippen molar-refractivity contribution >= 4 is 0 Å². The van der Waals surface area contributed by atoms with Crippen LogP contribution in [-0.4, -0.2) is 16.9 Å². The number of aryl methyl sites for hydroxylation is 2. The third kappa shape index (κ3) is 4.22. The summed E-state index contributed by atoms with van der Waals surface area (Å²) in [5.74, 6) is -0.207. The van der Waals surface area contributed by atoms with E-state index in [1.165, 1.54) is 0 Å². The van der Waals surface area contributed by atoms with Gasteiger partial charge in [0.1, 0.15) is 0 Å². The van der Waals surface area contributed by atoms with Gasteiger partial charge >= 0.3 is 6.18 Å². The van der Waals surface area contributed by atoms with E-state index in [9.17, 15) is 18.3 Å². The van der Waals surface area contributed by atoms with Crippen LogP contribution < -0.4 is 0 Å². The van der Waals surface area contributed by atoms with Crippen LogP contribution in [0.15, 0.2) is 18.2 Å². The smallest absolute Gasteiger partial charge is 0.381 e. The molecule has 0 fully saturated rings. The molecule has 0 aromatic heterocycles. The molecule has 0 heterocycles. The molecule has 0 saturated carbocycles. The predicted molar refractivity (Wildman–Crippen MR) is 79.5 cm³/mol. The lowest BCUT2D eigenvalue weighted by atomic mass is 9.77. The third-order valence-electron chi connectivity index (χ3n) is 3.99. The van der Waals surface area contributed by atoms with Crippen LogP contribution in [0.5, 0.6) is 0 Å². The van der Waals surface area contributed by atoms with Crippen molar-refractivity contribution in [2.24, 2.45) is 0 Å². The molecule has 1 N–H and O–H groups in total. The topological polar surface area (TPSA) is 20.2 Å². The van der Waals surface area contributed by atoms with Gasteiger partial charge in [0.2, 0.25) is 0 Å². The highest BCUT2D eigenvalue weighted by atomic mass is 19.4. The van der Waals surface area contributed by atoms with Crippen LogP contribution in [-0.2, 0) is 6.42 Å². The van der Waals surface area contributed by atoms with E-state index in [0.29, 0.717) is 6.42 Å². The summed E-state index contributed by atoms with van der Waals surface area (Å²) in [7, 11) is 0. The second-order valence-corrected chi connectivity index (χ2v) is 5.77. The Morgan fingerprint density at radius 3 is 2.43 bits per heavy atom. The van der Waals surface area contributed by atoms with Crippen LogP contribution in [0.1, 0.15) is 62.6 Å². The van der Waals surface area contributed by atoms with Crippen LogP contribution in [0.4, 0.5) is 13.2 Å². The zero-order valence-electron chi connectivity index (χ0n) is 13.2. The highest BCUT2D eigenvalue weighted by Crippen LogP contribution is 2.42. The van der Waals surface area contributed by atoms with Gasteiger partial charge in [-0.3, -0.25) is 0 Å². The molecule has 1 aliphatic rings. The number of halogens is 3. The van der Waals surface area contributed by atoms with Gasteiger partial charge in [0, 0.05) is 0 Å². The maximum absolute atomic E-state index is 12.8. The van der Waals surface area contributed by atoms with Crippen molar-refractivity contribution in [2.75, 3.05) is 0 Å². The van der Waals surface area contributed by atoms with E-state index in [1.807, 2.05) is 39.0 Å². The number of hydrogen-bond acceptors (Lipinski definition) is 1. The van der Waals surface area contributed by atoms with E-state index in [2.05, 4.69) is 0 Å². The van der Waals surface area contributed by atoms with Crippen molar-refractivity contribution in [3.63, 3.8) is 0 Å². The Morgan fingerprint density at radius 1 is 1.24 bits per heavy atom. The lowest BCUT2D eigenvalue weighted by Crippen LogP contribution is -2.43. The minimum Gasteiger partial charge on any atom is -0.381 e. The van der Waals surface area contributed by atoms with Crippen LogP contribution in [0, 0.1) is 6.92 Å². The van der Waals surface area contributed by atoms with Gasteiger partial charge in [-0.15, -0.1) is 0 Å². The Hall–Kier alpha value is -1.03. The molecule has 4 heteroatoms. The fraction of sp³-hybridized carbons (Fsp3) is 0.647. The monoisotopic (exact) mass is 302 g/mol. The van der Waals surface area contributed by atoms with Crippen molar-refractivity contribution in [3.05, 3.63) is 34.9 Å². The second-order valence-electron chi connectivity index (χ2n) is 5.77. The second kappa shape index (κ2) is 6.82. The van der Waals surface area contributed by atoms with Crippen LogP contribution in [0.25, 0.3) is 0 Å². The molecule has 2 rings (SSSR count). The Balaban J connectivity index is 0.00000106. The molecule has 1 aromatic carbocycles. The minimum absolute atomic E-state index is 0.207.